The van der Waals surface area contributed by atoms with E-state index in [1.165, 1.54) is 5.56 Å². The lowest BCUT2D eigenvalue weighted by Gasteiger charge is -2.19. The summed E-state index contributed by atoms with van der Waals surface area (Å²) in [5.41, 5.74) is 7.24. The van der Waals surface area contributed by atoms with Crippen molar-refractivity contribution in [1.29, 1.82) is 0 Å². The van der Waals surface area contributed by atoms with Gasteiger partial charge in [-0.15, -0.1) is 5.10 Å². The SMILES string of the molecule is Cc1c(NC(=O)c2ccc(C(C)(C)C)cc2)cccc1-c1nccn2nc(Nc3ccc(NCCO)cc3)nc12. The summed E-state index contributed by atoms with van der Waals surface area (Å²) in [5, 5.41) is 23.0. The molecule has 0 aliphatic carbocycles. The van der Waals surface area contributed by atoms with Crippen molar-refractivity contribution < 1.29 is 9.90 Å². The second kappa shape index (κ2) is 11.2. The van der Waals surface area contributed by atoms with E-state index in [2.05, 4.69) is 46.8 Å². The summed E-state index contributed by atoms with van der Waals surface area (Å²) in [7, 11) is 0. The molecule has 0 bridgehead atoms. The molecule has 0 aliphatic rings. The minimum atomic E-state index is -0.168. The van der Waals surface area contributed by atoms with Gasteiger partial charge in [-0.05, 0) is 65.9 Å². The highest BCUT2D eigenvalue weighted by Gasteiger charge is 2.17. The predicted molar refractivity (Wildman–Crippen MR) is 159 cm³/mol. The molecule has 1 amide bonds. The third-order valence-electron chi connectivity index (χ3n) is 6.69. The Kier molecular flexibility index (Phi) is 7.48. The van der Waals surface area contributed by atoms with Crippen LogP contribution in [0.15, 0.2) is 79.1 Å². The minimum Gasteiger partial charge on any atom is -0.395 e. The van der Waals surface area contributed by atoms with Crippen molar-refractivity contribution in [2.75, 3.05) is 29.1 Å². The highest BCUT2D eigenvalue weighted by atomic mass is 16.3. The molecule has 2 aromatic heterocycles. The van der Waals surface area contributed by atoms with Crippen molar-refractivity contribution >= 4 is 34.6 Å². The number of carbonyl (C=O) groups excluding carboxylic acids is 1. The van der Waals surface area contributed by atoms with Gasteiger partial charge in [0.2, 0.25) is 5.95 Å². The summed E-state index contributed by atoms with van der Waals surface area (Å²) in [4.78, 5) is 22.4. The molecule has 0 saturated carbocycles. The summed E-state index contributed by atoms with van der Waals surface area (Å²) in [6.45, 7) is 8.97. The standard InChI is InChI=1S/C31H33N7O2/c1-20-25(6-5-7-26(20)35-29(40)21-8-10-22(11-9-21)31(2,3)4)27-28-36-30(37-38(28)18-16-33-27)34-24-14-12-23(13-15-24)32-17-19-39/h5-16,18,32,39H,17,19H2,1-4H3,(H,34,37)(H,35,40). The molecular formula is C31H33N7O2. The van der Waals surface area contributed by atoms with E-state index in [1.54, 1.807) is 16.9 Å². The number of fused-ring (bicyclic) bond motifs is 1. The predicted octanol–water partition coefficient (Wildman–Crippen LogP) is 5.80. The fourth-order valence-electron chi connectivity index (χ4n) is 4.40. The van der Waals surface area contributed by atoms with Gasteiger partial charge in [0.1, 0.15) is 5.69 Å². The summed E-state index contributed by atoms with van der Waals surface area (Å²) >= 11 is 0. The van der Waals surface area contributed by atoms with Gasteiger partial charge in [0.05, 0.1) is 6.61 Å². The summed E-state index contributed by atoms with van der Waals surface area (Å²) in [5.74, 6) is 0.268. The molecule has 204 valence electrons. The summed E-state index contributed by atoms with van der Waals surface area (Å²) in [6.07, 6.45) is 3.44. The lowest BCUT2D eigenvalue weighted by molar-refractivity contribution is 0.102. The van der Waals surface area contributed by atoms with Crippen LogP contribution >= 0.6 is 0 Å². The Labute approximate surface area is 233 Å². The average molecular weight is 536 g/mol. The number of hydrogen-bond acceptors (Lipinski definition) is 7. The zero-order valence-corrected chi connectivity index (χ0v) is 23.1. The van der Waals surface area contributed by atoms with Gasteiger partial charge in [0.15, 0.2) is 5.65 Å². The van der Waals surface area contributed by atoms with Gasteiger partial charge in [-0.25, -0.2) is 4.52 Å². The number of carbonyl (C=O) groups is 1. The first-order chi connectivity index (χ1) is 19.2. The molecule has 40 heavy (non-hydrogen) atoms. The van der Waals surface area contributed by atoms with Crippen molar-refractivity contribution in [3.05, 3.63) is 95.8 Å². The van der Waals surface area contributed by atoms with Gasteiger partial charge < -0.3 is 21.1 Å². The van der Waals surface area contributed by atoms with Gasteiger partial charge in [0.25, 0.3) is 5.91 Å². The fourth-order valence-corrected chi connectivity index (χ4v) is 4.40. The van der Waals surface area contributed by atoms with Gasteiger partial charge in [-0.2, -0.15) is 4.98 Å². The smallest absolute Gasteiger partial charge is 0.255 e. The normalized spacial score (nSPS) is 11.4. The van der Waals surface area contributed by atoms with Crippen molar-refractivity contribution in [2.45, 2.75) is 33.1 Å². The molecule has 5 rings (SSSR count). The van der Waals surface area contributed by atoms with Crippen molar-refractivity contribution in [3.8, 4) is 11.3 Å². The van der Waals surface area contributed by atoms with Crippen LogP contribution in [0.5, 0.6) is 0 Å². The molecule has 0 fully saturated rings. The zero-order chi connectivity index (χ0) is 28.3. The van der Waals surface area contributed by atoms with Crippen LogP contribution in [0.3, 0.4) is 0 Å². The molecule has 0 radical (unpaired) electrons. The van der Waals surface area contributed by atoms with E-state index in [0.717, 1.165) is 22.5 Å². The lowest BCUT2D eigenvalue weighted by Crippen LogP contribution is -2.15. The molecule has 5 aromatic rings. The molecular weight excluding hydrogens is 502 g/mol. The maximum Gasteiger partial charge on any atom is 0.255 e. The first-order valence-corrected chi connectivity index (χ1v) is 13.2. The molecule has 0 saturated heterocycles. The van der Waals surface area contributed by atoms with E-state index >= 15 is 0 Å². The first-order valence-electron chi connectivity index (χ1n) is 13.2. The summed E-state index contributed by atoms with van der Waals surface area (Å²) in [6, 6.07) is 21.1. The van der Waals surface area contributed by atoms with Crippen LogP contribution < -0.4 is 16.0 Å². The monoisotopic (exact) mass is 535 g/mol. The van der Waals surface area contributed by atoms with Crippen LogP contribution in [0, 0.1) is 6.92 Å². The maximum atomic E-state index is 13.1. The van der Waals surface area contributed by atoms with Gasteiger partial charge in [0, 0.05) is 47.1 Å². The van der Waals surface area contributed by atoms with Crippen molar-refractivity contribution in [3.63, 3.8) is 0 Å². The third-order valence-corrected chi connectivity index (χ3v) is 6.69. The topological polar surface area (TPSA) is 116 Å². The number of rotatable bonds is 8. The van der Waals surface area contributed by atoms with Gasteiger partial charge in [-0.1, -0.05) is 45.0 Å². The highest BCUT2D eigenvalue weighted by Crippen LogP contribution is 2.30. The number of nitrogens with zero attached hydrogens (tertiary/aromatic N) is 4. The number of anilines is 4. The third kappa shape index (κ3) is 5.79. The van der Waals surface area contributed by atoms with E-state index in [9.17, 15) is 4.79 Å². The number of aliphatic hydroxyl groups excluding tert-OH is 1. The fraction of sp³-hybridized carbons (Fsp3) is 0.226. The maximum absolute atomic E-state index is 13.1. The highest BCUT2D eigenvalue weighted by molar-refractivity contribution is 6.05. The Bertz CT molecular complexity index is 1640. The van der Waals surface area contributed by atoms with Crippen LogP contribution in [0.25, 0.3) is 16.9 Å². The number of amides is 1. The molecule has 9 heteroatoms. The van der Waals surface area contributed by atoms with Crippen LogP contribution in [0.2, 0.25) is 0 Å². The zero-order valence-electron chi connectivity index (χ0n) is 23.1. The van der Waals surface area contributed by atoms with Crippen LogP contribution in [-0.2, 0) is 5.41 Å². The minimum absolute atomic E-state index is 0.0216. The van der Waals surface area contributed by atoms with E-state index < -0.39 is 0 Å². The Morgan fingerprint density at radius 2 is 1.70 bits per heavy atom. The molecule has 0 unspecified atom stereocenters. The largest absolute Gasteiger partial charge is 0.395 e. The molecule has 9 nitrogen and oxygen atoms in total. The number of hydrogen-bond donors (Lipinski definition) is 4. The molecule has 0 spiro atoms. The van der Waals surface area contributed by atoms with E-state index in [4.69, 9.17) is 10.1 Å². The molecule has 3 aromatic carbocycles. The number of aliphatic hydroxyl groups is 1. The summed E-state index contributed by atoms with van der Waals surface area (Å²) < 4.78 is 1.68. The number of benzene rings is 3. The van der Waals surface area contributed by atoms with Crippen molar-refractivity contribution in [1.82, 2.24) is 19.6 Å². The van der Waals surface area contributed by atoms with Crippen LogP contribution in [0.1, 0.15) is 42.3 Å². The first kappa shape index (κ1) is 26.8. The quantitative estimate of drug-likeness (QED) is 0.198. The van der Waals surface area contributed by atoms with Gasteiger partial charge in [-0.3, -0.25) is 9.78 Å². The molecule has 0 aliphatic heterocycles. The van der Waals surface area contributed by atoms with Crippen LogP contribution in [-0.4, -0.2) is 43.7 Å². The average Bonchev–Trinajstić information content (AvgIpc) is 3.36. The van der Waals surface area contributed by atoms with Crippen molar-refractivity contribution in [2.24, 2.45) is 0 Å². The van der Waals surface area contributed by atoms with E-state index in [0.29, 0.717) is 35.1 Å². The van der Waals surface area contributed by atoms with E-state index in [-0.39, 0.29) is 17.9 Å². The molecule has 2 heterocycles. The Hall–Kier alpha value is -4.76. The van der Waals surface area contributed by atoms with E-state index in [1.807, 2.05) is 73.7 Å². The number of aromatic nitrogens is 4. The molecule has 4 N–H and O–H groups in total. The Morgan fingerprint density at radius 1 is 0.975 bits per heavy atom. The van der Waals surface area contributed by atoms with Gasteiger partial charge >= 0.3 is 0 Å². The second-order valence-electron chi connectivity index (χ2n) is 10.6. The van der Waals surface area contributed by atoms with Crippen LogP contribution in [0.4, 0.5) is 23.0 Å². The lowest BCUT2D eigenvalue weighted by atomic mass is 9.86. The number of nitrogens with one attached hydrogen (secondary N) is 3. The Balaban J connectivity index is 1.38. The second-order valence-corrected chi connectivity index (χ2v) is 10.6. The Morgan fingerprint density at radius 3 is 2.40 bits per heavy atom. The molecule has 0 atom stereocenters.